The Morgan fingerprint density at radius 3 is 2.35 bits per heavy atom. The van der Waals surface area contributed by atoms with Crippen LogP contribution in [0.5, 0.6) is 0 Å². The number of nitrogens with two attached hydrogens (primary N) is 1. The van der Waals surface area contributed by atoms with Crippen LogP contribution < -0.4 is 5.73 Å². The zero-order valence-corrected chi connectivity index (χ0v) is 11.3. The second-order valence-electron chi connectivity index (χ2n) is 5.95. The molecule has 0 aliphatic heterocycles. The molecule has 0 aromatic heterocycles. The lowest BCUT2D eigenvalue weighted by molar-refractivity contribution is -0.128. The molecule has 17 heavy (non-hydrogen) atoms. The highest BCUT2D eigenvalue weighted by Crippen LogP contribution is 2.40. The van der Waals surface area contributed by atoms with Crippen molar-refractivity contribution in [2.75, 3.05) is 0 Å². The summed E-state index contributed by atoms with van der Waals surface area (Å²) in [6.45, 7) is 5.75. The molecule has 98 valence electrons. The minimum absolute atomic E-state index is 0.240. The summed E-state index contributed by atoms with van der Waals surface area (Å²) in [7, 11) is 0. The van der Waals surface area contributed by atoms with E-state index in [4.69, 9.17) is 5.73 Å². The number of Topliss-reactive ketones (excluding diaryl/α,β-unsaturated/α-hetero) is 1. The smallest absolute Gasteiger partial charge is 0.223 e. The van der Waals surface area contributed by atoms with Crippen molar-refractivity contribution in [2.45, 2.75) is 59.3 Å². The topological polar surface area (TPSA) is 60.2 Å². The molecule has 3 heteroatoms. The first kappa shape index (κ1) is 14.2. The van der Waals surface area contributed by atoms with Gasteiger partial charge >= 0.3 is 0 Å². The molecule has 0 aromatic rings. The lowest BCUT2D eigenvalue weighted by Crippen LogP contribution is -2.32. The van der Waals surface area contributed by atoms with E-state index in [1.807, 2.05) is 13.8 Å². The summed E-state index contributed by atoms with van der Waals surface area (Å²) in [4.78, 5) is 23.3. The molecule has 2 N–H and O–H groups in total. The normalized spacial score (nSPS) is 17.8. The number of rotatable bonds is 8. The molecule has 0 radical (unpaired) electrons. The summed E-state index contributed by atoms with van der Waals surface area (Å²) in [6.07, 6.45) is 5.54. The maximum atomic E-state index is 12.1. The van der Waals surface area contributed by atoms with Crippen LogP contribution in [-0.4, -0.2) is 11.7 Å². The SMILES string of the molecule is CCCC(C(=O)CCC(C)(C)C(N)=O)C1CC1. The van der Waals surface area contributed by atoms with E-state index < -0.39 is 5.41 Å². The summed E-state index contributed by atoms with van der Waals surface area (Å²) in [5, 5.41) is 0. The van der Waals surface area contributed by atoms with Crippen molar-refractivity contribution in [3.63, 3.8) is 0 Å². The van der Waals surface area contributed by atoms with Crippen LogP contribution in [0.4, 0.5) is 0 Å². The van der Waals surface area contributed by atoms with E-state index in [0.717, 1.165) is 12.8 Å². The van der Waals surface area contributed by atoms with Gasteiger partial charge in [0.2, 0.25) is 5.91 Å². The van der Waals surface area contributed by atoms with Crippen molar-refractivity contribution in [2.24, 2.45) is 23.0 Å². The lowest BCUT2D eigenvalue weighted by Gasteiger charge is -2.21. The van der Waals surface area contributed by atoms with E-state index in [1.54, 1.807) is 0 Å². The van der Waals surface area contributed by atoms with Gasteiger partial charge in [0.1, 0.15) is 5.78 Å². The highest BCUT2D eigenvalue weighted by Gasteiger charge is 2.36. The number of primary amides is 1. The predicted octanol–water partition coefficient (Wildman–Crippen LogP) is 2.67. The molecule has 1 aliphatic carbocycles. The molecule has 0 aromatic carbocycles. The van der Waals surface area contributed by atoms with E-state index in [-0.39, 0.29) is 11.8 Å². The molecule has 1 atom stereocenters. The Balaban J connectivity index is 2.44. The van der Waals surface area contributed by atoms with Gasteiger partial charge in [0.25, 0.3) is 0 Å². The molecular weight excluding hydrogens is 214 g/mol. The monoisotopic (exact) mass is 239 g/mol. The Hall–Kier alpha value is -0.860. The molecule has 1 amide bonds. The zero-order valence-electron chi connectivity index (χ0n) is 11.3. The Labute approximate surface area is 104 Å². The highest BCUT2D eigenvalue weighted by atomic mass is 16.1. The second-order valence-corrected chi connectivity index (χ2v) is 5.95. The number of hydrogen-bond acceptors (Lipinski definition) is 2. The van der Waals surface area contributed by atoms with Crippen LogP contribution in [0.15, 0.2) is 0 Å². The number of ketones is 1. The van der Waals surface area contributed by atoms with Gasteiger partial charge in [0.15, 0.2) is 0 Å². The molecular formula is C14H25NO2. The molecule has 1 saturated carbocycles. The van der Waals surface area contributed by atoms with Gasteiger partial charge in [-0.3, -0.25) is 9.59 Å². The summed E-state index contributed by atoms with van der Waals surface area (Å²) in [5.41, 5.74) is 4.75. The molecule has 1 fully saturated rings. The van der Waals surface area contributed by atoms with Crippen molar-refractivity contribution in [1.29, 1.82) is 0 Å². The van der Waals surface area contributed by atoms with Gasteiger partial charge in [-0.1, -0.05) is 27.2 Å². The summed E-state index contributed by atoms with van der Waals surface area (Å²) in [5.74, 6) is 0.884. The average Bonchev–Trinajstić information content (AvgIpc) is 3.06. The van der Waals surface area contributed by atoms with Crippen LogP contribution in [0.3, 0.4) is 0 Å². The van der Waals surface area contributed by atoms with Crippen LogP contribution in [0, 0.1) is 17.3 Å². The van der Waals surface area contributed by atoms with Gasteiger partial charge in [-0.2, -0.15) is 0 Å². The van der Waals surface area contributed by atoms with Gasteiger partial charge in [-0.05, 0) is 31.6 Å². The molecule has 1 rings (SSSR count). The number of hydrogen-bond donors (Lipinski definition) is 1. The van der Waals surface area contributed by atoms with Crippen molar-refractivity contribution in [3.05, 3.63) is 0 Å². The van der Waals surface area contributed by atoms with E-state index >= 15 is 0 Å². The average molecular weight is 239 g/mol. The highest BCUT2D eigenvalue weighted by molar-refractivity contribution is 5.84. The Kier molecular flexibility index (Phi) is 4.72. The van der Waals surface area contributed by atoms with Gasteiger partial charge in [-0.15, -0.1) is 0 Å². The quantitative estimate of drug-likeness (QED) is 0.708. The third kappa shape index (κ3) is 4.14. The maximum absolute atomic E-state index is 12.1. The standard InChI is InChI=1S/C14H25NO2/c1-4-5-11(10-6-7-10)12(16)8-9-14(2,3)13(15)17/h10-11H,4-9H2,1-3H3,(H2,15,17). The van der Waals surface area contributed by atoms with Crippen LogP contribution in [-0.2, 0) is 9.59 Å². The lowest BCUT2D eigenvalue weighted by atomic mass is 9.83. The summed E-state index contributed by atoms with van der Waals surface area (Å²) in [6, 6.07) is 0. The Bertz CT molecular complexity index is 293. The van der Waals surface area contributed by atoms with Crippen molar-refractivity contribution >= 4 is 11.7 Å². The fourth-order valence-electron chi connectivity index (χ4n) is 2.21. The minimum Gasteiger partial charge on any atom is -0.369 e. The van der Waals surface area contributed by atoms with Crippen molar-refractivity contribution in [3.8, 4) is 0 Å². The van der Waals surface area contributed by atoms with Crippen molar-refractivity contribution < 1.29 is 9.59 Å². The van der Waals surface area contributed by atoms with Gasteiger partial charge in [0, 0.05) is 17.8 Å². The van der Waals surface area contributed by atoms with Crippen molar-refractivity contribution in [1.82, 2.24) is 0 Å². The molecule has 0 saturated heterocycles. The Morgan fingerprint density at radius 1 is 1.35 bits per heavy atom. The summed E-state index contributed by atoms with van der Waals surface area (Å²) < 4.78 is 0. The largest absolute Gasteiger partial charge is 0.369 e. The number of carbonyl (C=O) groups excluding carboxylic acids is 2. The van der Waals surface area contributed by atoms with Gasteiger partial charge < -0.3 is 5.73 Å². The van der Waals surface area contributed by atoms with Gasteiger partial charge in [0.05, 0.1) is 0 Å². The molecule has 1 aliphatic rings. The first-order valence-corrected chi connectivity index (χ1v) is 6.71. The van der Waals surface area contributed by atoms with E-state index in [0.29, 0.717) is 24.5 Å². The third-order valence-electron chi connectivity index (χ3n) is 3.87. The van der Waals surface area contributed by atoms with Crippen LogP contribution in [0.25, 0.3) is 0 Å². The molecule has 1 unspecified atom stereocenters. The maximum Gasteiger partial charge on any atom is 0.223 e. The molecule has 3 nitrogen and oxygen atoms in total. The predicted molar refractivity (Wildman–Crippen MR) is 68.3 cm³/mol. The Morgan fingerprint density at radius 2 is 1.94 bits per heavy atom. The first-order valence-electron chi connectivity index (χ1n) is 6.71. The third-order valence-corrected chi connectivity index (χ3v) is 3.87. The van der Waals surface area contributed by atoms with Crippen LogP contribution in [0.2, 0.25) is 0 Å². The molecule has 0 bridgehead atoms. The number of carbonyl (C=O) groups is 2. The second kappa shape index (κ2) is 5.65. The van der Waals surface area contributed by atoms with E-state index in [2.05, 4.69) is 6.92 Å². The minimum atomic E-state index is -0.560. The van der Waals surface area contributed by atoms with E-state index in [9.17, 15) is 9.59 Å². The molecule has 0 heterocycles. The van der Waals surface area contributed by atoms with E-state index in [1.165, 1.54) is 12.8 Å². The summed E-state index contributed by atoms with van der Waals surface area (Å²) >= 11 is 0. The fourth-order valence-corrected chi connectivity index (χ4v) is 2.21. The zero-order chi connectivity index (χ0) is 13.1. The van der Waals surface area contributed by atoms with Gasteiger partial charge in [-0.25, -0.2) is 0 Å². The fraction of sp³-hybridized carbons (Fsp3) is 0.857. The number of amides is 1. The first-order chi connectivity index (χ1) is 7.88. The van der Waals surface area contributed by atoms with Crippen LogP contribution >= 0.6 is 0 Å². The van der Waals surface area contributed by atoms with Crippen LogP contribution in [0.1, 0.15) is 59.3 Å². The molecule has 0 spiro atoms.